The zero-order valence-corrected chi connectivity index (χ0v) is 18.4. The normalized spacial score (nSPS) is 16.2. The predicted octanol–water partition coefficient (Wildman–Crippen LogP) is 2.94. The van der Waals surface area contributed by atoms with E-state index in [4.69, 9.17) is 15.5 Å². The monoisotopic (exact) mass is 416 g/mol. The molecule has 0 unspecified atom stereocenters. The van der Waals surface area contributed by atoms with Crippen molar-refractivity contribution < 1.29 is 4.74 Å². The van der Waals surface area contributed by atoms with Crippen molar-refractivity contribution in [2.75, 3.05) is 26.4 Å². The lowest BCUT2D eigenvalue weighted by molar-refractivity contribution is 0.292. The van der Waals surface area contributed by atoms with Gasteiger partial charge in [0.1, 0.15) is 6.61 Å². The van der Waals surface area contributed by atoms with E-state index in [2.05, 4.69) is 52.9 Å². The summed E-state index contributed by atoms with van der Waals surface area (Å²) in [6, 6.07) is 6.43. The third-order valence-electron chi connectivity index (χ3n) is 6.27. The van der Waals surface area contributed by atoms with Gasteiger partial charge in [0, 0.05) is 37.9 Å². The van der Waals surface area contributed by atoms with Crippen molar-refractivity contribution in [2.45, 2.75) is 39.6 Å². The molecule has 7 nitrogen and oxygen atoms in total. The van der Waals surface area contributed by atoms with E-state index >= 15 is 0 Å². The first kappa shape index (κ1) is 19.9. The highest BCUT2D eigenvalue weighted by molar-refractivity contribution is 5.64. The van der Waals surface area contributed by atoms with Gasteiger partial charge in [-0.25, -0.2) is 9.97 Å². The highest BCUT2D eigenvalue weighted by Crippen LogP contribution is 2.30. The molecule has 0 fully saturated rings. The van der Waals surface area contributed by atoms with Crippen LogP contribution in [0.4, 0.5) is 5.82 Å². The van der Waals surface area contributed by atoms with Gasteiger partial charge in [-0.2, -0.15) is 0 Å². The molecule has 0 aliphatic carbocycles. The molecule has 2 aliphatic rings. The Balaban J connectivity index is 1.41. The van der Waals surface area contributed by atoms with Crippen LogP contribution in [0, 0.1) is 6.92 Å². The Bertz CT molecular complexity index is 1150. The molecule has 1 aromatic carbocycles. The lowest BCUT2D eigenvalue weighted by atomic mass is 9.92. The van der Waals surface area contributed by atoms with E-state index in [1.165, 1.54) is 22.3 Å². The summed E-state index contributed by atoms with van der Waals surface area (Å²) in [5, 5.41) is 0. The van der Waals surface area contributed by atoms with Crippen molar-refractivity contribution in [3.63, 3.8) is 0 Å². The molecule has 3 aromatic rings. The fourth-order valence-corrected chi connectivity index (χ4v) is 4.61. The number of anilines is 1. The van der Waals surface area contributed by atoms with Crippen LogP contribution in [0.2, 0.25) is 0 Å². The molecule has 2 aliphatic heterocycles. The molecular formula is C24H28N6O. The Morgan fingerprint density at radius 2 is 1.94 bits per heavy atom. The smallest absolute Gasteiger partial charge is 0.258 e. The molecule has 0 saturated heterocycles. The minimum Gasteiger partial charge on any atom is -0.470 e. The number of nitrogens with two attached hydrogens (primary N) is 1. The molecule has 0 bridgehead atoms. The molecule has 5 rings (SSSR count). The number of aryl methyl sites for hydroxylation is 1. The van der Waals surface area contributed by atoms with E-state index in [9.17, 15) is 0 Å². The van der Waals surface area contributed by atoms with Crippen LogP contribution in [0.5, 0.6) is 5.88 Å². The second-order valence-electron chi connectivity index (χ2n) is 8.72. The minimum atomic E-state index is 0.306. The van der Waals surface area contributed by atoms with Crippen molar-refractivity contribution in [3.05, 3.63) is 64.1 Å². The van der Waals surface area contributed by atoms with E-state index in [0.29, 0.717) is 18.3 Å². The Morgan fingerprint density at radius 1 is 1.06 bits per heavy atom. The van der Waals surface area contributed by atoms with Gasteiger partial charge in [0.2, 0.25) is 0 Å². The number of rotatable bonds is 4. The molecule has 4 heterocycles. The summed E-state index contributed by atoms with van der Waals surface area (Å²) in [7, 11) is 4.26. The van der Waals surface area contributed by atoms with Crippen LogP contribution >= 0.6 is 0 Å². The zero-order chi connectivity index (χ0) is 21.5. The maximum atomic E-state index is 6.10. The number of nitrogen functional groups attached to an aromatic ring is 1. The fourth-order valence-electron chi connectivity index (χ4n) is 4.61. The van der Waals surface area contributed by atoms with Crippen LogP contribution in [0.3, 0.4) is 0 Å². The van der Waals surface area contributed by atoms with Crippen LogP contribution in [-0.4, -0.2) is 45.4 Å². The highest BCUT2D eigenvalue weighted by atomic mass is 16.5. The summed E-state index contributed by atoms with van der Waals surface area (Å²) >= 11 is 0. The second kappa shape index (κ2) is 7.90. The number of pyridine rings is 1. The first-order valence-electron chi connectivity index (χ1n) is 10.7. The van der Waals surface area contributed by atoms with Crippen molar-refractivity contribution >= 4 is 5.82 Å². The van der Waals surface area contributed by atoms with Gasteiger partial charge in [0.25, 0.3) is 5.88 Å². The summed E-state index contributed by atoms with van der Waals surface area (Å²) in [5.74, 6) is 0.683. The molecule has 0 radical (unpaired) electrons. The summed E-state index contributed by atoms with van der Waals surface area (Å²) in [6.45, 7) is 6.38. The number of hydrogen-bond acceptors (Lipinski definition) is 7. The summed E-state index contributed by atoms with van der Waals surface area (Å²) in [4.78, 5) is 18.2. The van der Waals surface area contributed by atoms with Gasteiger partial charge in [-0.1, -0.05) is 0 Å². The van der Waals surface area contributed by atoms with E-state index < -0.39 is 0 Å². The summed E-state index contributed by atoms with van der Waals surface area (Å²) in [6.07, 6.45) is 4.66. The van der Waals surface area contributed by atoms with Crippen LogP contribution in [0.15, 0.2) is 30.6 Å². The van der Waals surface area contributed by atoms with Gasteiger partial charge in [-0.3, -0.25) is 9.88 Å². The van der Waals surface area contributed by atoms with Crippen molar-refractivity contribution in [2.24, 2.45) is 0 Å². The Hall–Kier alpha value is -3.03. The lowest BCUT2D eigenvalue weighted by Crippen LogP contribution is -2.27. The fraction of sp³-hybridized carbons (Fsp3) is 0.375. The van der Waals surface area contributed by atoms with Gasteiger partial charge in [-0.05, 0) is 73.5 Å². The van der Waals surface area contributed by atoms with Crippen LogP contribution in [0.25, 0.3) is 11.3 Å². The van der Waals surface area contributed by atoms with Crippen molar-refractivity contribution in [1.82, 2.24) is 24.8 Å². The molecule has 0 amide bonds. The third-order valence-corrected chi connectivity index (χ3v) is 6.27. The van der Waals surface area contributed by atoms with Crippen LogP contribution in [-0.2, 0) is 32.7 Å². The van der Waals surface area contributed by atoms with E-state index in [-0.39, 0.29) is 0 Å². The number of likely N-dealkylation sites (N-methyl/N-ethyl adjacent to an activating group) is 1. The molecule has 2 aromatic heterocycles. The number of hydrogen-bond donors (Lipinski definition) is 1. The van der Waals surface area contributed by atoms with Crippen molar-refractivity contribution in [3.8, 4) is 17.1 Å². The molecule has 2 N–H and O–H groups in total. The topological polar surface area (TPSA) is 80.4 Å². The minimum absolute atomic E-state index is 0.306. The van der Waals surface area contributed by atoms with Gasteiger partial charge in [0.05, 0.1) is 17.6 Å². The van der Waals surface area contributed by atoms with Crippen LogP contribution < -0.4 is 10.5 Å². The average molecular weight is 417 g/mol. The second-order valence-corrected chi connectivity index (χ2v) is 8.72. The third kappa shape index (κ3) is 3.86. The van der Waals surface area contributed by atoms with Gasteiger partial charge in [-0.15, -0.1) is 0 Å². The van der Waals surface area contributed by atoms with Gasteiger partial charge >= 0.3 is 0 Å². The number of ether oxygens (including phenoxy) is 1. The van der Waals surface area contributed by atoms with Gasteiger partial charge in [0.15, 0.2) is 5.82 Å². The maximum absolute atomic E-state index is 6.10. The average Bonchev–Trinajstić information content (AvgIpc) is 3.13. The molecule has 160 valence electrons. The lowest BCUT2D eigenvalue weighted by Gasteiger charge is -2.27. The van der Waals surface area contributed by atoms with Crippen LogP contribution in [0.1, 0.15) is 33.5 Å². The Kier molecular flexibility index (Phi) is 5.08. The number of fused-ring (bicyclic) bond motifs is 2. The largest absolute Gasteiger partial charge is 0.470 e. The number of nitrogens with zero attached hydrogens (tertiary/aromatic N) is 5. The Labute approximate surface area is 182 Å². The highest BCUT2D eigenvalue weighted by Gasteiger charge is 2.21. The Morgan fingerprint density at radius 3 is 2.81 bits per heavy atom. The standard InChI is InChI=1S/C24H28N6O/c1-15-8-17(9-18-11-29(2)7-5-19(15)18)21-10-27-23(25)24(28-21)31-14-16-4-6-26-22-13-30(3)12-20(16)22/h4,6,8-10H,5,7,11-14H2,1-3H3,(H2,25,27). The molecule has 0 saturated carbocycles. The van der Waals surface area contributed by atoms with E-state index in [1.807, 2.05) is 12.3 Å². The first-order valence-corrected chi connectivity index (χ1v) is 10.7. The first-order chi connectivity index (χ1) is 15.0. The summed E-state index contributed by atoms with van der Waals surface area (Å²) in [5.41, 5.74) is 15.5. The number of aromatic nitrogens is 3. The zero-order valence-electron chi connectivity index (χ0n) is 18.4. The van der Waals surface area contributed by atoms with E-state index in [0.717, 1.165) is 55.1 Å². The molecule has 31 heavy (non-hydrogen) atoms. The number of benzene rings is 1. The van der Waals surface area contributed by atoms with E-state index in [1.54, 1.807) is 6.20 Å². The summed E-state index contributed by atoms with van der Waals surface area (Å²) < 4.78 is 6.05. The molecular weight excluding hydrogens is 388 g/mol. The predicted molar refractivity (Wildman–Crippen MR) is 120 cm³/mol. The molecule has 0 atom stereocenters. The molecule has 0 spiro atoms. The van der Waals surface area contributed by atoms with Crippen molar-refractivity contribution in [1.29, 1.82) is 0 Å². The quantitative estimate of drug-likeness (QED) is 0.700. The SMILES string of the molecule is Cc1cc(-c2cnc(N)c(OCc3ccnc4c3CN(C)C4)n2)cc2c1CCN(C)C2. The van der Waals surface area contributed by atoms with Gasteiger partial charge < -0.3 is 15.4 Å². The maximum Gasteiger partial charge on any atom is 0.258 e. The molecule has 7 heteroatoms.